The van der Waals surface area contributed by atoms with Crippen molar-refractivity contribution in [3.63, 3.8) is 0 Å². The Hall–Kier alpha value is -2.08. The van der Waals surface area contributed by atoms with Crippen LogP contribution < -0.4 is 5.56 Å². The van der Waals surface area contributed by atoms with Crippen molar-refractivity contribution >= 4 is 10.9 Å². The van der Waals surface area contributed by atoms with Gasteiger partial charge in [-0.25, -0.2) is 0 Å². The molecule has 1 unspecified atom stereocenters. The lowest BCUT2D eigenvalue weighted by molar-refractivity contribution is 0.580. The molecule has 2 aromatic rings. The summed E-state index contributed by atoms with van der Waals surface area (Å²) in [4.78, 5) is 11.7. The third kappa shape index (κ3) is 1.82. The highest BCUT2D eigenvalue weighted by Gasteiger charge is 2.06. The summed E-state index contributed by atoms with van der Waals surface area (Å²) in [5.41, 5.74) is 0.831. The first-order valence-corrected chi connectivity index (χ1v) is 5.20. The summed E-state index contributed by atoms with van der Waals surface area (Å²) in [6.07, 6.45) is 0. The zero-order valence-corrected chi connectivity index (χ0v) is 9.05. The maximum absolute atomic E-state index is 11.7. The highest BCUT2D eigenvalue weighted by molar-refractivity contribution is 5.78. The number of pyridine rings is 1. The third-order valence-electron chi connectivity index (χ3n) is 2.58. The summed E-state index contributed by atoms with van der Waals surface area (Å²) in [6.45, 7) is 2.25. The van der Waals surface area contributed by atoms with E-state index in [1.54, 1.807) is 10.6 Å². The monoisotopic (exact) mass is 212 g/mol. The molecule has 3 heteroatoms. The average Bonchev–Trinajstić information content (AvgIpc) is 2.32. The van der Waals surface area contributed by atoms with Crippen LogP contribution in [0, 0.1) is 17.2 Å². The van der Waals surface area contributed by atoms with E-state index >= 15 is 0 Å². The van der Waals surface area contributed by atoms with Crippen LogP contribution >= 0.6 is 0 Å². The number of benzene rings is 1. The first-order valence-electron chi connectivity index (χ1n) is 5.20. The zero-order chi connectivity index (χ0) is 11.5. The van der Waals surface area contributed by atoms with E-state index in [-0.39, 0.29) is 11.5 Å². The topological polar surface area (TPSA) is 45.8 Å². The van der Waals surface area contributed by atoms with Gasteiger partial charge < -0.3 is 4.57 Å². The van der Waals surface area contributed by atoms with Crippen LogP contribution in [0.4, 0.5) is 0 Å². The molecular formula is C13H12N2O. The van der Waals surface area contributed by atoms with Crippen molar-refractivity contribution in [2.24, 2.45) is 5.92 Å². The third-order valence-corrected chi connectivity index (χ3v) is 2.58. The Bertz CT molecular complexity index is 607. The van der Waals surface area contributed by atoms with E-state index in [1.807, 2.05) is 37.3 Å². The molecule has 0 fully saturated rings. The fourth-order valence-electron chi connectivity index (χ4n) is 1.75. The quantitative estimate of drug-likeness (QED) is 0.765. The van der Waals surface area contributed by atoms with Gasteiger partial charge in [0.25, 0.3) is 5.56 Å². The summed E-state index contributed by atoms with van der Waals surface area (Å²) < 4.78 is 1.66. The molecule has 80 valence electrons. The Kier molecular flexibility index (Phi) is 2.74. The highest BCUT2D eigenvalue weighted by Crippen LogP contribution is 2.12. The molecule has 1 aromatic carbocycles. The first-order chi connectivity index (χ1) is 7.72. The van der Waals surface area contributed by atoms with Crippen LogP contribution in [0.5, 0.6) is 0 Å². The van der Waals surface area contributed by atoms with E-state index < -0.39 is 0 Å². The smallest absolute Gasteiger partial charge is 0.251 e. The molecule has 0 N–H and O–H groups in total. The van der Waals surface area contributed by atoms with Crippen LogP contribution in [-0.2, 0) is 6.54 Å². The van der Waals surface area contributed by atoms with Crippen LogP contribution in [0.25, 0.3) is 10.9 Å². The van der Waals surface area contributed by atoms with Crippen LogP contribution in [0.2, 0.25) is 0 Å². The van der Waals surface area contributed by atoms with Gasteiger partial charge in [-0.1, -0.05) is 18.2 Å². The molecule has 0 aliphatic heterocycles. The molecule has 0 amide bonds. The van der Waals surface area contributed by atoms with E-state index in [2.05, 4.69) is 6.07 Å². The summed E-state index contributed by atoms with van der Waals surface area (Å²) in [5.74, 6) is -0.163. The van der Waals surface area contributed by atoms with E-state index in [1.165, 1.54) is 0 Å². The summed E-state index contributed by atoms with van der Waals surface area (Å²) >= 11 is 0. The number of hydrogen-bond donors (Lipinski definition) is 0. The maximum atomic E-state index is 11.7. The zero-order valence-electron chi connectivity index (χ0n) is 9.05. The average molecular weight is 212 g/mol. The maximum Gasteiger partial charge on any atom is 0.251 e. The number of para-hydroxylation sites is 1. The van der Waals surface area contributed by atoms with Crippen LogP contribution in [-0.4, -0.2) is 4.57 Å². The van der Waals surface area contributed by atoms with Crippen molar-refractivity contribution < 1.29 is 0 Å². The Morgan fingerprint density at radius 3 is 2.81 bits per heavy atom. The van der Waals surface area contributed by atoms with Gasteiger partial charge in [0.05, 0.1) is 17.5 Å². The second-order valence-electron chi connectivity index (χ2n) is 3.87. The van der Waals surface area contributed by atoms with Crippen molar-refractivity contribution in [3.05, 3.63) is 46.8 Å². The van der Waals surface area contributed by atoms with Crippen molar-refractivity contribution in [1.29, 1.82) is 5.26 Å². The largest absolute Gasteiger partial charge is 0.307 e. The number of nitriles is 1. The van der Waals surface area contributed by atoms with Gasteiger partial charge in [-0.2, -0.15) is 5.26 Å². The van der Waals surface area contributed by atoms with Crippen LogP contribution in [0.15, 0.2) is 41.2 Å². The predicted molar refractivity (Wildman–Crippen MR) is 63.0 cm³/mol. The highest BCUT2D eigenvalue weighted by atomic mass is 16.1. The number of aromatic nitrogens is 1. The fourth-order valence-corrected chi connectivity index (χ4v) is 1.75. The number of hydrogen-bond acceptors (Lipinski definition) is 2. The van der Waals surface area contributed by atoms with Gasteiger partial charge in [0.2, 0.25) is 0 Å². The van der Waals surface area contributed by atoms with E-state index in [4.69, 9.17) is 5.26 Å². The van der Waals surface area contributed by atoms with Crippen molar-refractivity contribution in [2.75, 3.05) is 0 Å². The second kappa shape index (κ2) is 4.19. The molecule has 0 saturated carbocycles. The Morgan fingerprint density at radius 2 is 2.06 bits per heavy atom. The van der Waals surface area contributed by atoms with Gasteiger partial charge >= 0.3 is 0 Å². The summed E-state index contributed by atoms with van der Waals surface area (Å²) in [5, 5.41) is 9.81. The number of fused-ring (bicyclic) bond motifs is 1. The van der Waals surface area contributed by atoms with Crippen molar-refractivity contribution in [1.82, 2.24) is 4.57 Å². The van der Waals surface area contributed by atoms with Crippen LogP contribution in [0.3, 0.4) is 0 Å². The molecule has 1 heterocycles. The normalized spacial score (nSPS) is 12.2. The van der Waals surface area contributed by atoms with Gasteiger partial charge in [0.15, 0.2) is 0 Å². The Balaban J connectivity index is 2.63. The minimum atomic E-state index is -0.163. The van der Waals surface area contributed by atoms with Gasteiger partial charge in [0.1, 0.15) is 0 Å². The lowest BCUT2D eigenvalue weighted by Crippen LogP contribution is -2.22. The predicted octanol–water partition coefficient (Wildman–Crippen LogP) is 2.16. The lowest BCUT2D eigenvalue weighted by Gasteiger charge is -2.10. The van der Waals surface area contributed by atoms with E-state index in [0.717, 1.165) is 10.9 Å². The molecule has 0 saturated heterocycles. The molecule has 2 rings (SSSR count). The Morgan fingerprint density at radius 1 is 1.31 bits per heavy atom. The lowest BCUT2D eigenvalue weighted by atomic mass is 10.1. The molecule has 0 radical (unpaired) electrons. The minimum Gasteiger partial charge on any atom is -0.307 e. The molecule has 3 nitrogen and oxygen atoms in total. The standard InChI is InChI=1S/C13H12N2O/c1-10(8-14)9-15-12-5-3-2-4-11(12)6-7-13(15)16/h2-7,10H,9H2,1H3. The molecule has 1 atom stereocenters. The summed E-state index contributed by atoms with van der Waals surface area (Å²) in [7, 11) is 0. The molecule has 0 bridgehead atoms. The number of nitrogens with zero attached hydrogens (tertiary/aromatic N) is 2. The van der Waals surface area contributed by atoms with Gasteiger partial charge in [-0.15, -0.1) is 0 Å². The Labute approximate surface area is 93.6 Å². The first kappa shape index (κ1) is 10.4. The molecule has 0 aliphatic carbocycles. The molecular weight excluding hydrogens is 200 g/mol. The summed E-state index contributed by atoms with van der Waals surface area (Å²) in [6, 6.07) is 13.2. The molecule has 0 spiro atoms. The van der Waals surface area contributed by atoms with Crippen molar-refractivity contribution in [2.45, 2.75) is 13.5 Å². The van der Waals surface area contributed by atoms with Crippen molar-refractivity contribution in [3.8, 4) is 6.07 Å². The van der Waals surface area contributed by atoms with Gasteiger partial charge in [-0.3, -0.25) is 4.79 Å². The van der Waals surface area contributed by atoms with E-state index in [9.17, 15) is 4.79 Å². The number of rotatable bonds is 2. The minimum absolute atomic E-state index is 0.0548. The van der Waals surface area contributed by atoms with Gasteiger partial charge in [0, 0.05) is 12.6 Å². The SMILES string of the molecule is CC(C#N)Cn1c(=O)ccc2ccccc21. The molecule has 0 aliphatic rings. The van der Waals surface area contributed by atoms with Gasteiger partial charge in [-0.05, 0) is 24.4 Å². The second-order valence-corrected chi connectivity index (χ2v) is 3.87. The van der Waals surface area contributed by atoms with E-state index in [0.29, 0.717) is 6.54 Å². The fraction of sp³-hybridized carbons (Fsp3) is 0.231. The van der Waals surface area contributed by atoms with Crippen LogP contribution in [0.1, 0.15) is 6.92 Å². The molecule has 1 aromatic heterocycles. The molecule has 16 heavy (non-hydrogen) atoms.